The van der Waals surface area contributed by atoms with E-state index in [2.05, 4.69) is 22.8 Å². The lowest BCUT2D eigenvalue weighted by atomic mass is 9.94. The molecule has 2 N–H and O–H groups in total. The van der Waals surface area contributed by atoms with Gasteiger partial charge in [0.25, 0.3) is 0 Å². The normalized spacial score (nSPS) is 20.6. The third-order valence-corrected chi connectivity index (χ3v) is 5.06. The molecule has 3 rings (SSSR count). The van der Waals surface area contributed by atoms with Gasteiger partial charge in [0, 0.05) is 31.6 Å². The van der Waals surface area contributed by atoms with Crippen molar-refractivity contribution in [1.29, 1.82) is 0 Å². The maximum absolute atomic E-state index is 12.8. The number of nitrogens with zero attached hydrogens (tertiary/aromatic N) is 1. The number of fused-ring (bicyclic) bond motifs is 1. The Morgan fingerprint density at radius 2 is 1.80 bits per heavy atom. The summed E-state index contributed by atoms with van der Waals surface area (Å²) in [6.07, 6.45) is 2.44. The summed E-state index contributed by atoms with van der Waals surface area (Å²) in [6.45, 7) is 6.01. The van der Waals surface area contributed by atoms with Gasteiger partial charge in [0.1, 0.15) is 0 Å². The van der Waals surface area contributed by atoms with Gasteiger partial charge >= 0.3 is 0 Å². The monoisotopic (exact) mass is 365 g/mol. The smallest absolute Gasteiger partial charge is 0.240 e. The number of nitrogens with one attached hydrogen (secondary N) is 2. The Balaban J connectivity index is 0.00000225. The Morgan fingerprint density at radius 3 is 2.44 bits per heavy atom. The molecule has 2 aliphatic rings. The van der Waals surface area contributed by atoms with Gasteiger partial charge in [0.05, 0.1) is 6.04 Å². The first kappa shape index (κ1) is 19.7. The van der Waals surface area contributed by atoms with Gasteiger partial charge in [-0.2, -0.15) is 0 Å². The summed E-state index contributed by atoms with van der Waals surface area (Å²) in [5, 5.41) is 6.45. The molecule has 0 saturated carbocycles. The molecule has 0 bridgehead atoms. The lowest BCUT2D eigenvalue weighted by Crippen LogP contribution is -2.53. The molecular weight excluding hydrogens is 338 g/mol. The number of rotatable bonds is 3. The quantitative estimate of drug-likeness (QED) is 0.859. The molecule has 6 heteroatoms. The average molecular weight is 366 g/mol. The molecule has 1 atom stereocenters. The summed E-state index contributed by atoms with van der Waals surface area (Å²) in [5.74, 6) is 0.305. The maximum atomic E-state index is 12.8. The summed E-state index contributed by atoms with van der Waals surface area (Å²) in [4.78, 5) is 26.5. The fraction of sp³-hybridized carbons (Fsp3) is 0.579. The van der Waals surface area contributed by atoms with Crippen molar-refractivity contribution in [3.8, 4) is 0 Å². The maximum Gasteiger partial charge on any atom is 0.240 e. The van der Waals surface area contributed by atoms with Crippen LogP contribution in [-0.4, -0.2) is 41.9 Å². The van der Waals surface area contributed by atoms with Crippen LogP contribution < -0.4 is 10.6 Å². The molecule has 1 fully saturated rings. The Hall–Kier alpha value is -1.59. The molecule has 1 unspecified atom stereocenters. The van der Waals surface area contributed by atoms with E-state index >= 15 is 0 Å². The molecule has 138 valence electrons. The van der Waals surface area contributed by atoms with E-state index < -0.39 is 0 Å². The molecule has 25 heavy (non-hydrogen) atoms. The van der Waals surface area contributed by atoms with Crippen LogP contribution >= 0.6 is 12.4 Å². The van der Waals surface area contributed by atoms with Crippen LogP contribution in [0.1, 0.15) is 37.8 Å². The number of carbonyl (C=O) groups is 2. The third kappa shape index (κ3) is 4.73. The summed E-state index contributed by atoms with van der Waals surface area (Å²) in [6, 6.07) is 8.38. The molecule has 5 nitrogen and oxygen atoms in total. The average Bonchev–Trinajstić information content (AvgIpc) is 2.61. The molecule has 0 aliphatic carbocycles. The second kappa shape index (κ2) is 8.68. The van der Waals surface area contributed by atoms with Crippen molar-refractivity contribution in [2.24, 2.45) is 5.92 Å². The van der Waals surface area contributed by atoms with E-state index in [9.17, 15) is 9.59 Å². The highest BCUT2D eigenvalue weighted by molar-refractivity contribution is 5.85. The SMILES string of the molecule is CC(C)C(=O)NC1CCN(C(=O)C2Cc3ccccc3CN2)CC1.Cl. The summed E-state index contributed by atoms with van der Waals surface area (Å²) in [5.41, 5.74) is 2.56. The second-order valence-corrected chi connectivity index (χ2v) is 7.17. The lowest BCUT2D eigenvalue weighted by Gasteiger charge is -2.36. The number of amides is 2. The van der Waals surface area contributed by atoms with Crippen molar-refractivity contribution in [1.82, 2.24) is 15.5 Å². The van der Waals surface area contributed by atoms with Crippen LogP contribution in [0, 0.1) is 5.92 Å². The summed E-state index contributed by atoms with van der Waals surface area (Å²) >= 11 is 0. The van der Waals surface area contributed by atoms with Crippen LogP contribution in [-0.2, 0) is 22.6 Å². The Kier molecular flexibility index (Phi) is 6.85. The molecule has 1 aromatic rings. The zero-order chi connectivity index (χ0) is 17.1. The first-order chi connectivity index (χ1) is 11.5. The number of likely N-dealkylation sites (tertiary alicyclic amines) is 1. The minimum Gasteiger partial charge on any atom is -0.353 e. The first-order valence-electron chi connectivity index (χ1n) is 8.94. The van der Waals surface area contributed by atoms with E-state index in [0.717, 1.165) is 38.9 Å². The standard InChI is InChI=1S/C19H27N3O2.ClH/c1-13(2)18(23)21-16-7-9-22(10-8-16)19(24)17-11-14-5-3-4-6-15(14)12-20-17;/h3-6,13,16-17,20H,7-12H2,1-2H3,(H,21,23);1H. The Labute approximate surface area is 155 Å². The zero-order valence-corrected chi connectivity index (χ0v) is 15.8. The van der Waals surface area contributed by atoms with Gasteiger partial charge in [-0.05, 0) is 30.4 Å². The molecule has 0 spiro atoms. The largest absolute Gasteiger partial charge is 0.353 e. The van der Waals surface area contributed by atoms with Gasteiger partial charge < -0.3 is 15.5 Å². The van der Waals surface area contributed by atoms with Crippen molar-refractivity contribution in [3.05, 3.63) is 35.4 Å². The van der Waals surface area contributed by atoms with Crippen molar-refractivity contribution in [2.45, 2.75) is 51.7 Å². The molecule has 2 aliphatic heterocycles. The number of halogens is 1. The van der Waals surface area contributed by atoms with Gasteiger partial charge in [-0.15, -0.1) is 12.4 Å². The van der Waals surface area contributed by atoms with Crippen molar-refractivity contribution < 1.29 is 9.59 Å². The zero-order valence-electron chi connectivity index (χ0n) is 15.0. The van der Waals surface area contributed by atoms with Crippen molar-refractivity contribution in [2.75, 3.05) is 13.1 Å². The highest BCUT2D eigenvalue weighted by atomic mass is 35.5. The fourth-order valence-corrected chi connectivity index (χ4v) is 3.46. The number of hydrogen-bond donors (Lipinski definition) is 2. The number of piperidine rings is 1. The lowest BCUT2D eigenvalue weighted by molar-refractivity contribution is -0.135. The van der Waals surface area contributed by atoms with Crippen LogP contribution in [0.5, 0.6) is 0 Å². The molecular formula is C19H28ClN3O2. The number of hydrogen-bond acceptors (Lipinski definition) is 3. The summed E-state index contributed by atoms with van der Waals surface area (Å²) < 4.78 is 0. The van der Waals surface area contributed by atoms with E-state index in [1.165, 1.54) is 11.1 Å². The minimum absolute atomic E-state index is 0. The highest BCUT2D eigenvalue weighted by Gasteiger charge is 2.30. The Bertz CT molecular complexity index is 612. The van der Waals surface area contributed by atoms with Gasteiger partial charge in [-0.1, -0.05) is 38.1 Å². The van der Waals surface area contributed by atoms with E-state index in [-0.39, 0.29) is 42.2 Å². The summed E-state index contributed by atoms with van der Waals surface area (Å²) in [7, 11) is 0. The van der Waals surface area contributed by atoms with Crippen LogP contribution in [0.25, 0.3) is 0 Å². The van der Waals surface area contributed by atoms with Crippen molar-refractivity contribution in [3.63, 3.8) is 0 Å². The predicted molar refractivity (Wildman–Crippen MR) is 101 cm³/mol. The first-order valence-corrected chi connectivity index (χ1v) is 8.94. The molecule has 0 aromatic heterocycles. The van der Waals surface area contributed by atoms with Gasteiger partial charge in [0.15, 0.2) is 0 Å². The predicted octanol–water partition coefficient (Wildman–Crippen LogP) is 1.89. The molecule has 1 aromatic carbocycles. The Morgan fingerprint density at radius 1 is 1.16 bits per heavy atom. The molecule has 2 heterocycles. The van der Waals surface area contributed by atoms with Gasteiger partial charge in [0.2, 0.25) is 11.8 Å². The van der Waals surface area contributed by atoms with E-state index in [1.807, 2.05) is 30.9 Å². The van der Waals surface area contributed by atoms with E-state index in [4.69, 9.17) is 0 Å². The van der Waals surface area contributed by atoms with Crippen LogP contribution in [0.4, 0.5) is 0 Å². The molecule has 2 amide bonds. The number of benzene rings is 1. The van der Waals surface area contributed by atoms with Crippen molar-refractivity contribution >= 4 is 24.2 Å². The molecule has 1 saturated heterocycles. The van der Waals surface area contributed by atoms with Crippen LogP contribution in [0.3, 0.4) is 0 Å². The minimum atomic E-state index is -0.123. The second-order valence-electron chi connectivity index (χ2n) is 7.17. The van der Waals surface area contributed by atoms with Crippen LogP contribution in [0.15, 0.2) is 24.3 Å². The van der Waals surface area contributed by atoms with Crippen LogP contribution in [0.2, 0.25) is 0 Å². The van der Waals surface area contributed by atoms with E-state index in [0.29, 0.717) is 0 Å². The number of carbonyl (C=O) groups excluding carboxylic acids is 2. The third-order valence-electron chi connectivity index (χ3n) is 5.06. The van der Waals surface area contributed by atoms with E-state index in [1.54, 1.807) is 0 Å². The topological polar surface area (TPSA) is 61.4 Å². The van der Waals surface area contributed by atoms with Gasteiger partial charge in [-0.3, -0.25) is 9.59 Å². The molecule has 0 radical (unpaired) electrons. The highest BCUT2D eigenvalue weighted by Crippen LogP contribution is 2.19. The fourth-order valence-electron chi connectivity index (χ4n) is 3.46. The van der Waals surface area contributed by atoms with Gasteiger partial charge in [-0.25, -0.2) is 0 Å².